The van der Waals surface area contributed by atoms with Crippen LogP contribution in [0.3, 0.4) is 0 Å². The molecular weight excluding hydrogens is 379 g/mol. The average molecular weight is 397 g/mol. The summed E-state index contributed by atoms with van der Waals surface area (Å²) in [4.78, 5) is 34.4. The van der Waals surface area contributed by atoms with Crippen molar-refractivity contribution >= 4 is 24.0 Å². The molecule has 0 aliphatic carbocycles. The fourth-order valence-corrected chi connectivity index (χ4v) is 1.88. The molecule has 0 aliphatic rings. The van der Waals surface area contributed by atoms with E-state index in [1.54, 1.807) is 23.5 Å². The van der Waals surface area contributed by atoms with Gasteiger partial charge in [-0.3, -0.25) is 10.1 Å². The Morgan fingerprint density at radius 1 is 1.21 bits per heavy atom. The Balaban J connectivity index is 2.58. The van der Waals surface area contributed by atoms with Gasteiger partial charge in [0, 0.05) is 0 Å². The summed E-state index contributed by atoms with van der Waals surface area (Å²) in [5.41, 5.74) is 1.25. The number of esters is 1. The van der Waals surface area contributed by atoms with Gasteiger partial charge in [0.05, 0.1) is 0 Å². The van der Waals surface area contributed by atoms with Crippen LogP contribution in [-0.4, -0.2) is 37.2 Å². The van der Waals surface area contributed by atoms with Gasteiger partial charge in [-0.2, -0.15) is 18.4 Å². The van der Waals surface area contributed by atoms with E-state index in [1.807, 2.05) is 26.0 Å². The monoisotopic (exact) mass is 397 g/mol. The highest BCUT2D eigenvalue weighted by Gasteiger charge is 2.28. The van der Waals surface area contributed by atoms with Crippen molar-refractivity contribution in [1.82, 2.24) is 10.6 Å². The fourth-order valence-electron chi connectivity index (χ4n) is 1.88. The number of benzene rings is 1. The largest absolute Gasteiger partial charge is 0.451 e. The maximum Gasteiger partial charge on any atom is 0.405 e. The van der Waals surface area contributed by atoms with Crippen LogP contribution in [0, 0.1) is 11.3 Å². The molecule has 1 rings (SSSR count). The number of ether oxygens (including phenoxy) is 1. The minimum absolute atomic E-state index is 0.310. The van der Waals surface area contributed by atoms with Crippen LogP contribution in [0.5, 0.6) is 0 Å². The highest BCUT2D eigenvalue weighted by molar-refractivity contribution is 6.00. The first-order valence-corrected chi connectivity index (χ1v) is 8.05. The number of nitrogens with zero attached hydrogens (tertiary/aromatic N) is 1. The molecule has 1 aromatic carbocycles. The van der Waals surface area contributed by atoms with Gasteiger partial charge in [0.2, 0.25) is 0 Å². The van der Waals surface area contributed by atoms with Crippen LogP contribution in [0.15, 0.2) is 29.8 Å². The molecule has 7 nitrogen and oxygen atoms in total. The van der Waals surface area contributed by atoms with Crippen LogP contribution in [-0.2, 0) is 14.3 Å². The van der Waals surface area contributed by atoms with E-state index in [-0.39, 0.29) is 5.57 Å². The van der Waals surface area contributed by atoms with Crippen LogP contribution in [0.4, 0.5) is 18.0 Å². The second kappa shape index (κ2) is 10.1. The summed E-state index contributed by atoms with van der Waals surface area (Å²) in [5.74, 6) is -1.95. The highest BCUT2D eigenvalue weighted by atomic mass is 19.4. The quantitative estimate of drug-likeness (QED) is 0.436. The molecule has 0 fully saturated rings. The van der Waals surface area contributed by atoms with Crippen LogP contribution < -0.4 is 10.6 Å². The van der Waals surface area contributed by atoms with Gasteiger partial charge in [-0.05, 0) is 23.1 Å². The summed E-state index contributed by atoms with van der Waals surface area (Å²) < 4.78 is 40.4. The molecule has 0 aromatic heterocycles. The van der Waals surface area contributed by atoms with Crippen molar-refractivity contribution in [3.63, 3.8) is 0 Å². The zero-order valence-electron chi connectivity index (χ0n) is 15.1. The summed E-state index contributed by atoms with van der Waals surface area (Å²) in [6.07, 6.45) is -3.37. The molecule has 0 spiro atoms. The molecule has 150 valence electrons. The van der Waals surface area contributed by atoms with Gasteiger partial charge in [0.1, 0.15) is 18.2 Å². The lowest BCUT2D eigenvalue weighted by molar-refractivity contribution is -0.144. The van der Waals surface area contributed by atoms with Gasteiger partial charge < -0.3 is 10.1 Å². The summed E-state index contributed by atoms with van der Waals surface area (Å²) in [6, 6.07) is 7.34. The van der Waals surface area contributed by atoms with E-state index in [4.69, 9.17) is 5.26 Å². The average Bonchev–Trinajstić information content (AvgIpc) is 2.62. The van der Waals surface area contributed by atoms with Gasteiger partial charge in [0.15, 0.2) is 6.61 Å². The number of hydrogen-bond acceptors (Lipinski definition) is 5. The van der Waals surface area contributed by atoms with Crippen LogP contribution in [0.2, 0.25) is 0 Å². The molecule has 0 heterocycles. The summed E-state index contributed by atoms with van der Waals surface area (Å²) in [6.45, 7) is 1.46. The molecule has 2 N–H and O–H groups in total. The third-order valence-corrected chi connectivity index (χ3v) is 3.29. The lowest BCUT2D eigenvalue weighted by Gasteiger charge is -2.09. The Morgan fingerprint density at radius 2 is 1.82 bits per heavy atom. The Kier molecular flexibility index (Phi) is 8.19. The molecule has 3 amide bonds. The number of carbonyl (C=O) groups excluding carboxylic acids is 3. The van der Waals surface area contributed by atoms with Crippen molar-refractivity contribution in [2.75, 3.05) is 13.2 Å². The number of alkyl halides is 3. The number of hydrogen-bond donors (Lipinski definition) is 2. The van der Waals surface area contributed by atoms with E-state index in [9.17, 15) is 27.6 Å². The van der Waals surface area contributed by atoms with E-state index >= 15 is 0 Å². The topological polar surface area (TPSA) is 108 Å². The molecule has 0 bridgehead atoms. The zero-order valence-corrected chi connectivity index (χ0v) is 15.1. The third kappa shape index (κ3) is 8.35. The minimum Gasteiger partial charge on any atom is -0.451 e. The van der Waals surface area contributed by atoms with Crippen molar-refractivity contribution in [3.8, 4) is 6.07 Å². The van der Waals surface area contributed by atoms with Crippen molar-refractivity contribution in [2.45, 2.75) is 25.9 Å². The summed E-state index contributed by atoms with van der Waals surface area (Å²) in [7, 11) is 0. The van der Waals surface area contributed by atoms with Crippen molar-refractivity contribution in [2.24, 2.45) is 0 Å². The van der Waals surface area contributed by atoms with Gasteiger partial charge in [-0.1, -0.05) is 38.1 Å². The van der Waals surface area contributed by atoms with Gasteiger partial charge in [-0.25, -0.2) is 9.59 Å². The van der Waals surface area contributed by atoms with E-state index < -0.39 is 37.2 Å². The predicted molar refractivity (Wildman–Crippen MR) is 92.7 cm³/mol. The molecule has 0 radical (unpaired) electrons. The minimum atomic E-state index is -4.63. The predicted octanol–water partition coefficient (Wildman–Crippen LogP) is 2.65. The molecule has 10 heteroatoms. The maximum atomic E-state index is 11.9. The van der Waals surface area contributed by atoms with Gasteiger partial charge >= 0.3 is 18.2 Å². The number of urea groups is 1. The second-order valence-electron chi connectivity index (χ2n) is 5.91. The van der Waals surface area contributed by atoms with Crippen LogP contribution >= 0.6 is 0 Å². The first-order valence-electron chi connectivity index (χ1n) is 8.05. The molecule has 1 aromatic rings. The summed E-state index contributed by atoms with van der Waals surface area (Å²) >= 11 is 0. The summed E-state index contributed by atoms with van der Waals surface area (Å²) in [5, 5.41) is 12.0. The Hall–Kier alpha value is -3.35. The number of imide groups is 1. The maximum absolute atomic E-state index is 11.9. The Labute approximate surface area is 159 Å². The number of nitrogens with one attached hydrogen (secondary N) is 2. The van der Waals surface area contributed by atoms with Crippen LogP contribution in [0.1, 0.15) is 30.9 Å². The highest BCUT2D eigenvalue weighted by Crippen LogP contribution is 2.16. The molecule has 0 saturated heterocycles. The molecule has 0 unspecified atom stereocenters. The number of halogens is 3. The number of rotatable bonds is 6. The smallest absolute Gasteiger partial charge is 0.405 e. The zero-order chi connectivity index (χ0) is 21.3. The van der Waals surface area contributed by atoms with E-state index in [2.05, 4.69) is 4.74 Å². The first-order chi connectivity index (χ1) is 13.0. The van der Waals surface area contributed by atoms with E-state index in [0.717, 1.165) is 5.56 Å². The normalized spacial score (nSPS) is 11.5. The second-order valence-corrected chi connectivity index (χ2v) is 5.91. The lowest BCUT2D eigenvalue weighted by atomic mass is 10.0. The number of amides is 3. The first kappa shape index (κ1) is 22.7. The molecule has 0 saturated carbocycles. The lowest BCUT2D eigenvalue weighted by Crippen LogP contribution is -2.44. The van der Waals surface area contributed by atoms with Crippen molar-refractivity contribution in [1.29, 1.82) is 5.26 Å². The van der Waals surface area contributed by atoms with E-state index in [1.165, 1.54) is 11.4 Å². The van der Waals surface area contributed by atoms with Crippen LogP contribution in [0.25, 0.3) is 6.08 Å². The molecule has 0 atom stereocenters. The van der Waals surface area contributed by atoms with E-state index in [0.29, 0.717) is 11.5 Å². The van der Waals surface area contributed by atoms with Crippen molar-refractivity contribution in [3.05, 3.63) is 41.0 Å². The third-order valence-electron chi connectivity index (χ3n) is 3.29. The van der Waals surface area contributed by atoms with Gasteiger partial charge in [-0.15, -0.1) is 0 Å². The van der Waals surface area contributed by atoms with Gasteiger partial charge in [0.25, 0.3) is 5.91 Å². The Morgan fingerprint density at radius 3 is 2.32 bits per heavy atom. The molecule has 0 aliphatic heterocycles. The number of nitriles is 1. The fraction of sp³-hybridized carbons (Fsp3) is 0.333. The van der Waals surface area contributed by atoms with Crippen molar-refractivity contribution < 1.29 is 32.3 Å². The molecular formula is C18H18F3N3O4. The standard InChI is InChI=1S/C18H18F3N3O4/c1-11(2)13-5-3-12(4-6-13)7-14(8-22)16(26)28-9-15(25)24-17(27)23-10-18(19,20)21/h3-7,11H,9-10H2,1-2H3,(H2,23,24,25,27)/b14-7+. The SMILES string of the molecule is CC(C)c1ccc(/C=C(\C#N)C(=O)OCC(=O)NC(=O)NCC(F)(F)F)cc1. The Bertz CT molecular complexity index is 794. The number of carbonyl (C=O) groups is 3. The molecule has 28 heavy (non-hydrogen) atoms.